The highest BCUT2D eigenvalue weighted by atomic mass is 31.2. The second-order valence-electron chi connectivity index (χ2n) is 3.32. The third-order valence-electron chi connectivity index (χ3n) is 2.09. The summed E-state index contributed by atoms with van der Waals surface area (Å²) in [5.74, 6) is 0. The first-order valence-corrected chi connectivity index (χ1v) is 5.83. The normalized spacial score (nSPS) is 41.0. The molecule has 96 valence electrons. The second kappa shape index (κ2) is 5.05. The van der Waals surface area contributed by atoms with Crippen LogP contribution in [0, 0.1) is 0 Å². The van der Waals surface area contributed by atoms with E-state index in [4.69, 9.17) is 20.0 Å². The number of aliphatic hydroxyl groups is 4. The van der Waals surface area contributed by atoms with Crippen LogP contribution in [0.5, 0.6) is 0 Å². The van der Waals surface area contributed by atoms with Crippen LogP contribution in [0.3, 0.4) is 0 Å². The molecule has 0 aromatic heterocycles. The van der Waals surface area contributed by atoms with Crippen molar-refractivity contribution >= 4 is 7.82 Å². The molecule has 1 aliphatic rings. The highest BCUT2D eigenvalue weighted by Crippen LogP contribution is 2.36. The van der Waals surface area contributed by atoms with Gasteiger partial charge in [0, 0.05) is 0 Å². The maximum Gasteiger partial charge on any atom is 0.469 e. The van der Waals surface area contributed by atoms with Crippen LogP contribution in [0.2, 0.25) is 0 Å². The Morgan fingerprint density at radius 3 is 2.12 bits per heavy atom. The van der Waals surface area contributed by atoms with Crippen LogP contribution >= 0.6 is 7.82 Å². The number of phosphoric ester groups is 1. The lowest BCUT2D eigenvalue weighted by Crippen LogP contribution is -2.58. The molecule has 6 N–H and O–H groups in total. The average Bonchev–Trinajstić information content (AvgIpc) is 2.17. The van der Waals surface area contributed by atoms with Crippen LogP contribution in [0.25, 0.3) is 0 Å². The van der Waals surface area contributed by atoms with E-state index >= 15 is 0 Å². The van der Waals surface area contributed by atoms with Gasteiger partial charge in [0.1, 0.15) is 24.4 Å². The Morgan fingerprint density at radius 2 is 1.62 bits per heavy atom. The Hall–Kier alpha value is -0.0900. The van der Waals surface area contributed by atoms with Crippen LogP contribution in [0.1, 0.15) is 0 Å². The molecule has 0 spiro atoms. The lowest BCUT2D eigenvalue weighted by atomic mass is 10.9. The molecule has 16 heavy (non-hydrogen) atoms. The van der Waals surface area contributed by atoms with Crippen molar-refractivity contribution in [3.05, 3.63) is 0 Å². The van der Waals surface area contributed by atoms with E-state index in [2.05, 4.69) is 9.26 Å². The largest absolute Gasteiger partial charge is 0.469 e. The summed E-state index contributed by atoms with van der Waals surface area (Å²) in [6, 6.07) is 0. The van der Waals surface area contributed by atoms with Crippen molar-refractivity contribution in [1.29, 1.82) is 0 Å². The lowest BCUT2D eigenvalue weighted by Gasteiger charge is -2.38. The zero-order valence-corrected chi connectivity index (χ0v) is 8.84. The van der Waals surface area contributed by atoms with Gasteiger partial charge in [-0.3, -0.25) is 4.52 Å². The van der Waals surface area contributed by atoms with Crippen molar-refractivity contribution in [2.75, 3.05) is 6.61 Å². The molecule has 9 nitrogen and oxygen atoms in total. The molecule has 0 aromatic carbocycles. The first kappa shape index (κ1) is 14.0. The van der Waals surface area contributed by atoms with Crippen LogP contribution in [-0.2, 0) is 13.8 Å². The molecule has 1 rings (SSSR count). The van der Waals surface area contributed by atoms with Gasteiger partial charge in [-0.05, 0) is 0 Å². The van der Waals surface area contributed by atoms with Crippen LogP contribution in [0.4, 0.5) is 0 Å². The molecule has 0 amide bonds. The van der Waals surface area contributed by atoms with Crippen molar-refractivity contribution in [2.45, 2.75) is 30.7 Å². The first-order valence-electron chi connectivity index (χ1n) is 4.30. The molecule has 5 atom stereocenters. The number of ether oxygens (including phenoxy) is 1. The highest BCUT2D eigenvalue weighted by Gasteiger charge is 2.43. The summed E-state index contributed by atoms with van der Waals surface area (Å²) in [6.45, 7) is -0.730. The molecule has 1 saturated heterocycles. The third kappa shape index (κ3) is 3.45. The summed E-state index contributed by atoms with van der Waals surface area (Å²) in [7, 11) is -4.73. The predicted octanol–water partition coefficient (Wildman–Crippen LogP) is -3.10. The monoisotopic (exact) mass is 266 g/mol. The molecule has 1 heterocycles. The van der Waals surface area contributed by atoms with E-state index in [-0.39, 0.29) is 0 Å². The molecule has 10 heteroatoms. The van der Waals surface area contributed by atoms with Crippen LogP contribution in [-0.4, -0.2) is 67.5 Å². The van der Waals surface area contributed by atoms with E-state index < -0.39 is 45.1 Å². The quantitative estimate of drug-likeness (QED) is 0.230. The molecule has 0 radical (unpaired) electrons. The lowest BCUT2D eigenvalue weighted by molar-refractivity contribution is -0.285. The van der Waals surface area contributed by atoms with Crippen LogP contribution < -0.4 is 0 Å². The van der Waals surface area contributed by atoms with Crippen molar-refractivity contribution in [1.82, 2.24) is 0 Å². The highest BCUT2D eigenvalue weighted by molar-refractivity contribution is 7.46. The zero-order chi connectivity index (χ0) is 12.5. The first-order chi connectivity index (χ1) is 7.22. The van der Waals surface area contributed by atoms with Gasteiger partial charge in [-0.2, -0.15) is 0 Å². The smallest absolute Gasteiger partial charge is 0.387 e. The molecule has 0 saturated carbocycles. The minimum absolute atomic E-state index is 0.730. The molecule has 1 aliphatic heterocycles. The summed E-state index contributed by atoms with van der Waals surface area (Å²) >= 11 is 0. The zero-order valence-electron chi connectivity index (χ0n) is 7.95. The number of hydrogen-bond acceptors (Lipinski definition) is 7. The van der Waals surface area contributed by atoms with Crippen LogP contribution in [0.15, 0.2) is 0 Å². The number of aliphatic hydroxyl groups excluding tert-OH is 4. The molecule has 0 bridgehead atoms. The summed E-state index contributed by atoms with van der Waals surface area (Å²) in [6.07, 6.45) is -8.11. The molecule has 0 aliphatic carbocycles. The standard InChI is InChI=1S/C6H13O9P/c7-3-2(1-14-16(11,12)13)15-6(10)5(9)4(3)8/h2-10H,1H2,(H2,11,12,13)/t2-,3-,4+,5-,6?/m1/s1/i1+1,2+1,3+1,4+1,5+1,6+1. The van der Waals surface area contributed by atoms with Crippen molar-refractivity contribution in [3.8, 4) is 0 Å². The molecule has 1 unspecified atom stereocenters. The number of rotatable bonds is 3. The Bertz CT molecular complexity index is 277. The van der Waals surface area contributed by atoms with Gasteiger partial charge < -0.3 is 34.9 Å². The summed E-state index contributed by atoms with van der Waals surface area (Å²) in [4.78, 5) is 16.8. The Morgan fingerprint density at radius 1 is 1.06 bits per heavy atom. The molecule has 1 fully saturated rings. The van der Waals surface area contributed by atoms with Gasteiger partial charge in [-0.1, -0.05) is 0 Å². The van der Waals surface area contributed by atoms with Gasteiger partial charge in [-0.15, -0.1) is 0 Å². The second-order valence-corrected chi connectivity index (χ2v) is 4.56. The van der Waals surface area contributed by atoms with Gasteiger partial charge in [0.2, 0.25) is 0 Å². The molecular formula is C6H13O9P. The summed E-state index contributed by atoms with van der Waals surface area (Å²) < 4.78 is 19.0. The minimum Gasteiger partial charge on any atom is -0.387 e. The minimum atomic E-state index is -4.73. The number of hydrogen-bond donors (Lipinski definition) is 6. The van der Waals surface area contributed by atoms with E-state index in [0.717, 1.165) is 0 Å². The average molecular weight is 266 g/mol. The van der Waals surface area contributed by atoms with E-state index in [1.165, 1.54) is 0 Å². The Kier molecular flexibility index (Phi) is 4.41. The van der Waals surface area contributed by atoms with E-state index in [1.54, 1.807) is 0 Å². The topological polar surface area (TPSA) is 157 Å². The van der Waals surface area contributed by atoms with E-state index in [1.807, 2.05) is 0 Å². The Balaban J connectivity index is 2.57. The Labute approximate surface area is 90.1 Å². The fraction of sp³-hybridized carbons (Fsp3) is 1.00. The van der Waals surface area contributed by atoms with Crippen molar-refractivity contribution in [2.24, 2.45) is 0 Å². The van der Waals surface area contributed by atoms with Gasteiger partial charge >= 0.3 is 7.82 Å². The fourth-order valence-electron chi connectivity index (χ4n) is 1.24. The molecule has 0 aromatic rings. The van der Waals surface area contributed by atoms with Gasteiger partial charge in [-0.25, -0.2) is 4.57 Å². The van der Waals surface area contributed by atoms with Gasteiger partial charge in [0.25, 0.3) is 0 Å². The maximum absolute atomic E-state index is 10.4. The van der Waals surface area contributed by atoms with E-state index in [0.29, 0.717) is 0 Å². The van der Waals surface area contributed by atoms with E-state index in [9.17, 15) is 14.8 Å². The SMILES string of the molecule is O=P(O)(O)O[13CH2][13C@H]1O[13CH](O)[13C@H](O)[13C@@H](O)[13C@@H]1O. The summed E-state index contributed by atoms with van der Waals surface area (Å²) in [5, 5.41) is 36.7. The summed E-state index contributed by atoms with van der Waals surface area (Å²) in [5.41, 5.74) is 0. The fourth-order valence-corrected chi connectivity index (χ4v) is 1.58. The predicted molar refractivity (Wildman–Crippen MR) is 46.9 cm³/mol. The maximum atomic E-state index is 10.4. The third-order valence-corrected chi connectivity index (χ3v) is 2.58. The number of phosphoric acid groups is 1. The van der Waals surface area contributed by atoms with Gasteiger partial charge in [0.05, 0.1) is 6.61 Å². The molecular weight excluding hydrogens is 253 g/mol. The van der Waals surface area contributed by atoms with Crippen molar-refractivity contribution in [3.63, 3.8) is 0 Å². The van der Waals surface area contributed by atoms with Crippen molar-refractivity contribution < 1.29 is 44.0 Å². The van der Waals surface area contributed by atoms with Gasteiger partial charge in [0.15, 0.2) is 6.29 Å².